The molecule has 2 aromatic carbocycles. The van der Waals surface area contributed by atoms with Gasteiger partial charge in [0.05, 0.1) is 28.8 Å². The number of ether oxygens (including phenoxy) is 1. The van der Waals surface area contributed by atoms with Crippen LogP contribution in [0.1, 0.15) is 16.8 Å². The van der Waals surface area contributed by atoms with E-state index in [-0.39, 0.29) is 24.2 Å². The molecule has 7 heteroatoms. The molecule has 0 aliphatic carbocycles. The standard InChI is InChI=1S/C18H16ClN3O3/c19-15-8-7-13(11-16(15)21)18(24)25-12-17(23)22(10-4-9-20)14-5-2-1-3-6-14/h1-3,5-8,11H,4,10,12,21H2. The van der Waals surface area contributed by atoms with Gasteiger partial charge in [0.1, 0.15) is 0 Å². The van der Waals surface area contributed by atoms with Crippen molar-refractivity contribution in [2.45, 2.75) is 6.42 Å². The molecule has 25 heavy (non-hydrogen) atoms. The maximum Gasteiger partial charge on any atom is 0.338 e. The van der Waals surface area contributed by atoms with Gasteiger partial charge in [-0.3, -0.25) is 4.79 Å². The number of carbonyl (C=O) groups is 2. The topological polar surface area (TPSA) is 96.4 Å². The molecule has 0 saturated carbocycles. The Morgan fingerprint density at radius 1 is 1.20 bits per heavy atom. The van der Waals surface area contributed by atoms with Gasteiger partial charge in [-0.1, -0.05) is 29.8 Å². The Morgan fingerprint density at radius 2 is 1.92 bits per heavy atom. The Kier molecular flexibility index (Phi) is 6.38. The van der Waals surface area contributed by atoms with E-state index in [1.807, 2.05) is 12.1 Å². The van der Waals surface area contributed by atoms with E-state index >= 15 is 0 Å². The number of halogens is 1. The predicted octanol–water partition coefficient (Wildman–Crippen LogP) is 3.03. The van der Waals surface area contributed by atoms with Crippen molar-refractivity contribution in [2.24, 2.45) is 0 Å². The number of para-hydroxylation sites is 1. The van der Waals surface area contributed by atoms with E-state index in [9.17, 15) is 9.59 Å². The second kappa shape index (κ2) is 8.71. The number of hydrogen-bond donors (Lipinski definition) is 1. The van der Waals surface area contributed by atoms with Crippen molar-refractivity contribution in [1.82, 2.24) is 0 Å². The van der Waals surface area contributed by atoms with Gasteiger partial charge in [0.2, 0.25) is 0 Å². The van der Waals surface area contributed by atoms with Crippen molar-refractivity contribution in [3.05, 3.63) is 59.1 Å². The maximum atomic E-state index is 12.4. The molecule has 1 amide bonds. The molecule has 0 bridgehead atoms. The summed E-state index contributed by atoms with van der Waals surface area (Å²) in [6.45, 7) is -0.230. The number of hydrogen-bond acceptors (Lipinski definition) is 5. The van der Waals surface area contributed by atoms with Crippen LogP contribution in [-0.2, 0) is 9.53 Å². The summed E-state index contributed by atoms with van der Waals surface area (Å²) in [5.74, 6) is -1.10. The Hall–Kier alpha value is -3.04. The molecule has 0 fully saturated rings. The number of benzene rings is 2. The van der Waals surface area contributed by atoms with Gasteiger partial charge in [0.25, 0.3) is 5.91 Å². The third-order valence-electron chi connectivity index (χ3n) is 3.37. The van der Waals surface area contributed by atoms with Gasteiger partial charge >= 0.3 is 5.97 Å². The largest absolute Gasteiger partial charge is 0.452 e. The molecule has 0 aliphatic rings. The summed E-state index contributed by atoms with van der Waals surface area (Å²) in [5.41, 5.74) is 6.74. The molecule has 0 radical (unpaired) electrons. The fraction of sp³-hybridized carbons (Fsp3) is 0.167. The number of nitrogens with zero attached hydrogens (tertiary/aromatic N) is 2. The van der Waals surface area contributed by atoms with Crippen LogP contribution in [0, 0.1) is 11.3 Å². The third-order valence-corrected chi connectivity index (χ3v) is 3.72. The molecule has 6 nitrogen and oxygen atoms in total. The first-order valence-corrected chi connectivity index (χ1v) is 7.85. The van der Waals surface area contributed by atoms with Crippen molar-refractivity contribution < 1.29 is 14.3 Å². The predicted molar refractivity (Wildman–Crippen MR) is 95.2 cm³/mol. The van der Waals surface area contributed by atoms with Crippen molar-refractivity contribution in [3.63, 3.8) is 0 Å². The fourth-order valence-electron chi connectivity index (χ4n) is 2.13. The van der Waals surface area contributed by atoms with Crippen LogP contribution in [0.4, 0.5) is 11.4 Å². The minimum absolute atomic E-state index is 0.169. The lowest BCUT2D eigenvalue weighted by atomic mass is 10.2. The van der Waals surface area contributed by atoms with Crippen LogP contribution in [0.5, 0.6) is 0 Å². The number of carbonyl (C=O) groups excluding carboxylic acids is 2. The second-order valence-corrected chi connectivity index (χ2v) is 5.51. The molecule has 0 aromatic heterocycles. The lowest BCUT2D eigenvalue weighted by Crippen LogP contribution is -2.35. The third kappa shape index (κ3) is 4.96. The minimum atomic E-state index is -0.676. The molecule has 0 atom stereocenters. The zero-order valence-electron chi connectivity index (χ0n) is 13.3. The van der Waals surface area contributed by atoms with E-state index < -0.39 is 18.5 Å². The smallest absolute Gasteiger partial charge is 0.338 e. The molecular weight excluding hydrogens is 342 g/mol. The van der Waals surface area contributed by atoms with Crippen LogP contribution in [0.2, 0.25) is 5.02 Å². The Labute approximate surface area is 150 Å². The van der Waals surface area contributed by atoms with E-state index in [1.54, 1.807) is 24.3 Å². The van der Waals surface area contributed by atoms with Crippen LogP contribution in [0.15, 0.2) is 48.5 Å². The number of nitrogen functional groups attached to an aromatic ring is 1. The molecule has 2 rings (SSSR count). The van der Waals surface area contributed by atoms with E-state index in [4.69, 9.17) is 27.3 Å². The van der Waals surface area contributed by atoms with Gasteiger partial charge in [-0.05, 0) is 30.3 Å². The minimum Gasteiger partial charge on any atom is -0.452 e. The van der Waals surface area contributed by atoms with Crippen molar-refractivity contribution >= 4 is 34.9 Å². The summed E-state index contributed by atoms with van der Waals surface area (Å²) < 4.78 is 5.06. The molecule has 0 spiro atoms. The molecule has 2 N–H and O–H groups in total. The number of amides is 1. The van der Waals surface area contributed by atoms with Gasteiger partial charge in [-0.2, -0.15) is 5.26 Å². The normalized spacial score (nSPS) is 9.92. The maximum absolute atomic E-state index is 12.4. The molecular formula is C18H16ClN3O3. The first-order valence-electron chi connectivity index (χ1n) is 7.47. The molecule has 0 unspecified atom stereocenters. The summed E-state index contributed by atoms with van der Waals surface area (Å²) in [4.78, 5) is 25.9. The average molecular weight is 358 g/mol. The highest BCUT2D eigenvalue weighted by molar-refractivity contribution is 6.33. The second-order valence-electron chi connectivity index (χ2n) is 5.10. The van der Waals surface area contributed by atoms with Gasteiger partial charge in [0.15, 0.2) is 6.61 Å². The first kappa shape index (κ1) is 18.3. The summed E-state index contributed by atoms with van der Waals surface area (Å²) in [7, 11) is 0. The van der Waals surface area contributed by atoms with Crippen LogP contribution in [0.25, 0.3) is 0 Å². The van der Waals surface area contributed by atoms with Gasteiger partial charge in [0, 0.05) is 12.2 Å². The van der Waals surface area contributed by atoms with Crippen molar-refractivity contribution in [3.8, 4) is 6.07 Å². The van der Waals surface area contributed by atoms with Crippen LogP contribution < -0.4 is 10.6 Å². The molecule has 0 saturated heterocycles. The number of rotatable bonds is 6. The van der Waals surface area contributed by atoms with Crippen LogP contribution >= 0.6 is 11.6 Å². The van der Waals surface area contributed by atoms with Crippen LogP contribution in [-0.4, -0.2) is 25.0 Å². The number of nitriles is 1. The summed E-state index contributed by atoms with van der Waals surface area (Å²) in [6, 6.07) is 15.2. The molecule has 128 valence electrons. The zero-order valence-corrected chi connectivity index (χ0v) is 14.1. The first-order chi connectivity index (χ1) is 12.0. The number of nitrogens with two attached hydrogens (primary N) is 1. The van der Waals surface area contributed by atoms with Gasteiger partial charge in [-0.15, -0.1) is 0 Å². The number of anilines is 2. The highest BCUT2D eigenvalue weighted by Crippen LogP contribution is 2.20. The molecule has 0 aliphatic heterocycles. The van der Waals surface area contributed by atoms with E-state index in [1.165, 1.54) is 23.1 Å². The Bertz CT molecular complexity index is 803. The Morgan fingerprint density at radius 3 is 2.56 bits per heavy atom. The van der Waals surface area contributed by atoms with Gasteiger partial charge < -0.3 is 15.4 Å². The lowest BCUT2D eigenvalue weighted by Gasteiger charge is -2.21. The molecule has 2 aromatic rings. The highest BCUT2D eigenvalue weighted by Gasteiger charge is 2.18. The van der Waals surface area contributed by atoms with Crippen LogP contribution in [0.3, 0.4) is 0 Å². The zero-order chi connectivity index (χ0) is 18.2. The highest BCUT2D eigenvalue weighted by atomic mass is 35.5. The summed E-state index contributed by atoms with van der Waals surface area (Å²) in [6.07, 6.45) is 0.169. The molecule has 0 heterocycles. The van der Waals surface area contributed by atoms with E-state index in [2.05, 4.69) is 0 Å². The van der Waals surface area contributed by atoms with Crippen molar-refractivity contribution in [1.29, 1.82) is 5.26 Å². The monoisotopic (exact) mass is 357 g/mol. The fourth-order valence-corrected chi connectivity index (χ4v) is 2.24. The summed E-state index contributed by atoms with van der Waals surface area (Å²) >= 11 is 5.81. The lowest BCUT2D eigenvalue weighted by molar-refractivity contribution is -0.121. The van der Waals surface area contributed by atoms with Gasteiger partial charge in [-0.25, -0.2) is 4.79 Å². The average Bonchev–Trinajstić information content (AvgIpc) is 2.63. The SMILES string of the molecule is N#CCCN(C(=O)COC(=O)c1ccc(Cl)c(N)c1)c1ccccc1. The quantitative estimate of drug-likeness (QED) is 0.633. The summed E-state index contributed by atoms with van der Waals surface area (Å²) in [5, 5.41) is 9.10. The van der Waals surface area contributed by atoms with Crippen molar-refractivity contribution in [2.75, 3.05) is 23.8 Å². The Balaban J connectivity index is 2.04. The van der Waals surface area contributed by atoms with E-state index in [0.717, 1.165) is 0 Å². The van der Waals surface area contributed by atoms with E-state index in [0.29, 0.717) is 10.7 Å². The number of esters is 1.